The van der Waals surface area contributed by atoms with E-state index >= 15 is 0 Å². The van der Waals surface area contributed by atoms with Gasteiger partial charge in [0.1, 0.15) is 0 Å². The second-order valence-corrected chi connectivity index (χ2v) is 13.9. The molecule has 0 saturated carbocycles. The number of pyridine rings is 4. The molecule has 4 heterocycles. The first-order valence-electron chi connectivity index (χ1n) is 18.2. The molecule has 0 aliphatic heterocycles. The molecule has 4 heteroatoms. The molecule has 0 fully saturated rings. The van der Waals surface area contributed by atoms with Gasteiger partial charge >= 0.3 is 0 Å². The summed E-state index contributed by atoms with van der Waals surface area (Å²) in [5.41, 5.74) is 13.2. The zero-order valence-electron chi connectivity index (χ0n) is 29.1. The Hall–Kier alpha value is -7.30. The molecule has 0 aliphatic rings. The molecule has 0 spiro atoms. The first-order chi connectivity index (χ1) is 26.7. The molecule has 4 aromatic heterocycles. The Kier molecular flexibility index (Phi) is 6.82. The van der Waals surface area contributed by atoms with Gasteiger partial charge in [-0.25, -0.2) is 0 Å². The smallest absolute Gasteiger partial charge is 0.0970 e. The van der Waals surface area contributed by atoms with Gasteiger partial charge in [-0.1, -0.05) is 97.1 Å². The quantitative estimate of drug-likeness (QED) is 0.173. The highest BCUT2D eigenvalue weighted by Crippen LogP contribution is 2.39. The Labute approximate surface area is 311 Å². The summed E-state index contributed by atoms with van der Waals surface area (Å²) in [4.78, 5) is 18.7. The van der Waals surface area contributed by atoms with Gasteiger partial charge in [0.25, 0.3) is 0 Å². The summed E-state index contributed by atoms with van der Waals surface area (Å²) in [7, 11) is 0. The van der Waals surface area contributed by atoms with Crippen LogP contribution < -0.4 is 0 Å². The van der Waals surface area contributed by atoms with Gasteiger partial charge in [0, 0.05) is 46.3 Å². The van der Waals surface area contributed by atoms with Crippen molar-refractivity contribution in [3.63, 3.8) is 0 Å². The topological polar surface area (TPSA) is 51.6 Å². The van der Waals surface area contributed by atoms with Gasteiger partial charge in [-0.2, -0.15) is 0 Å². The Bertz CT molecular complexity index is 3070. The van der Waals surface area contributed by atoms with Crippen LogP contribution in [-0.2, 0) is 0 Å². The number of nitrogens with zero attached hydrogens (tertiary/aromatic N) is 4. The van der Waals surface area contributed by atoms with Gasteiger partial charge < -0.3 is 0 Å². The Morgan fingerprint density at radius 1 is 0.241 bits per heavy atom. The van der Waals surface area contributed by atoms with E-state index in [2.05, 4.69) is 143 Å². The summed E-state index contributed by atoms with van der Waals surface area (Å²) >= 11 is 0. The van der Waals surface area contributed by atoms with Crippen molar-refractivity contribution in [1.29, 1.82) is 0 Å². The SMILES string of the molecule is c1ccc(-c2ccc3cc(-c4cc5cccnc5c5ncccc45)ccc3c2)c(-c2ccc3cc(-c4cc5cccnc5c5ncccc45)ccc3c2)c1. The van der Waals surface area contributed by atoms with Crippen molar-refractivity contribution in [3.05, 3.63) is 183 Å². The lowest BCUT2D eigenvalue weighted by atomic mass is 9.90. The number of rotatable bonds is 4. The van der Waals surface area contributed by atoms with Crippen LogP contribution in [0.15, 0.2) is 183 Å². The molecule has 0 bridgehead atoms. The molecule has 0 N–H and O–H groups in total. The van der Waals surface area contributed by atoms with Crippen LogP contribution in [0.5, 0.6) is 0 Å². The van der Waals surface area contributed by atoms with E-state index in [1.165, 1.54) is 66.1 Å². The van der Waals surface area contributed by atoms with Crippen LogP contribution >= 0.6 is 0 Å². The van der Waals surface area contributed by atoms with E-state index in [9.17, 15) is 0 Å². The van der Waals surface area contributed by atoms with Crippen LogP contribution in [0.3, 0.4) is 0 Å². The molecule has 11 rings (SSSR count). The summed E-state index contributed by atoms with van der Waals surface area (Å²) in [5.74, 6) is 0. The van der Waals surface area contributed by atoms with Crippen molar-refractivity contribution in [2.75, 3.05) is 0 Å². The minimum Gasteiger partial charge on any atom is -0.254 e. The fourth-order valence-electron chi connectivity index (χ4n) is 8.18. The van der Waals surface area contributed by atoms with Crippen molar-refractivity contribution in [2.24, 2.45) is 0 Å². The van der Waals surface area contributed by atoms with Gasteiger partial charge in [0.05, 0.1) is 22.1 Å². The highest BCUT2D eigenvalue weighted by Gasteiger charge is 2.14. The number of fused-ring (bicyclic) bond motifs is 8. The summed E-state index contributed by atoms with van der Waals surface area (Å²) in [6.45, 7) is 0. The van der Waals surface area contributed by atoms with E-state index in [-0.39, 0.29) is 0 Å². The van der Waals surface area contributed by atoms with E-state index < -0.39 is 0 Å². The first-order valence-corrected chi connectivity index (χ1v) is 18.2. The third-order valence-corrected chi connectivity index (χ3v) is 10.8. The minimum absolute atomic E-state index is 0.931. The largest absolute Gasteiger partial charge is 0.254 e. The van der Waals surface area contributed by atoms with Crippen molar-refractivity contribution in [1.82, 2.24) is 19.9 Å². The van der Waals surface area contributed by atoms with Crippen LogP contribution in [0, 0.1) is 0 Å². The van der Waals surface area contributed by atoms with Crippen LogP contribution in [0.2, 0.25) is 0 Å². The zero-order valence-corrected chi connectivity index (χ0v) is 29.1. The summed E-state index contributed by atoms with van der Waals surface area (Å²) in [6.07, 6.45) is 7.36. The van der Waals surface area contributed by atoms with Gasteiger partial charge in [-0.15, -0.1) is 0 Å². The maximum atomic E-state index is 4.72. The van der Waals surface area contributed by atoms with Gasteiger partial charge in [-0.05, 0) is 127 Å². The second kappa shape index (κ2) is 12.1. The molecule has 11 aromatic rings. The fraction of sp³-hybridized carbons (Fsp3) is 0. The highest BCUT2D eigenvalue weighted by atomic mass is 14.7. The van der Waals surface area contributed by atoms with Crippen molar-refractivity contribution >= 4 is 65.2 Å². The van der Waals surface area contributed by atoms with Crippen molar-refractivity contribution < 1.29 is 0 Å². The Balaban J connectivity index is 0.963. The fourth-order valence-corrected chi connectivity index (χ4v) is 8.18. The molecule has 0 atom stereocenters. The molecule has 7 aromatic carbocycles. The number of hydrogen-bond acceptors (Lipinski definition) is 4. The number of benzene rings is 7. The van der Waals surface area contributed by atoms with Crippen LogP contribution in [-0.4, -0.2) is 19.9 Å². The predicted molar refractivity (Wildman–Crippen MR) is 224 cm³/mol. The summed E-state index contributed by atoms with van der Waals surface area (Å²) < 4.78 is 0. The predicted octanol–water partition coefficient (Wildman–Crippen LogP) is 12.9. The van der Waals surface area contributed by atoms with E-state index in [0.717, 1.165) is 43.6 Å². The second-order valence-electron chi connectivity index (χ2n) is 13.9. The molecule has 0 saturated heterocycles. The highest BCUT2D eigenvalue weighted by molar-refractivity contribution is 6.12. The molecule has 0 radical (unpaired) electrons. The zero-order chi connectivity index (χ0) is 35.6. The lowest BCUT2D eigenvalue weighted by Crippen LogP contribution is -1.90. The average Bonchev–Trinajstić information content (AvgIpc) is 3.25. The van der Waals surface area contributed by atoms with E-state index in [0.29, 0.717) is 0 Å². The molecule has 4 nitrogen and oxygen atoms in total. The molecule has 250 valence electrons. The number of aromatic nitrogens is 4. The lowest BCUT2D eigenvalue weighted by Gasteiger charge is -2.14. The molecule has 0 amide bonds. The van der Waals surface area contributed by atoms with Crippen LogP contribution in [0.4, 0.5) is 0 Å². The van der Waals surface area contributed by atoms with Crippen LogP contribution in [0.1, 0.15) is 0 Å². The lowest BCUT2D eigenvalue weighted by molar-refractivity contribution is 1.37. The Morgan fingerprint density at radius 3 is 1.00 bits per heavy atom. The Morgan fingerprint density at radius 2 is 0.593 bits per heavy atom. The molecule has 0 unspecified atom stereocenters. The normalized spacial score (nSPS) is 11.7. The molecular formula is C50H30N4. The first kappa shape index (κ1) is 30.3. The summed E-state index contributed by atoms with van der Waals surface area (Å²) in [6, 6.07) is 56.8. The third kappa shape index (κ3) is 4.92. The van der Waals surface area contributed by atoms with Gasteiger partial charge in [0.15, 0.2) is 0 Å². The maximum absolute atomic E-state index is 4.72. The third-order valence-electron chi connectivity index (χ3n) is 10.8. The average molecular weight is 687 g/mol. The van der Waals surface area contributed by atoms with E-state index in [1.54, 1.807) is 0 Å². The number of hydrogen-bond donors (Lipinski definition) is 0. The summed E-state index contributed by atoms with van der Waals surface area (Å²) in [5, 5.41) is 9.20. The molecule has 54 heavy (non-hydrogen) atoms. The van der Waals surface area contributed by atoms with Crippen molar-refractivity contribution in [3.8, 4) is 44.5 Å². The van der Waals surface area contributed by atoms with Crippen LogP contribution in [0.25, 0.3) is 110 Å². The molecule has 0 aliphatic carbocycles. The van der Waals surface area contributed by atoms with E-state index in [1.807, 2.05) is 49.1 Å². The maximum Gasteiger partial charge on any atom is 0.0970 e. The monoisotopic (exact) mass is 686 g/mol. The minimum atomic E-state index is 0.931. The standard InChI is InChI=1S/C50H30N4/c1-2-10-42(36-18-14-34-28-38(20-16-32(34)26-36)46-30-40-8-4-22-52-48(40)50-44(46)12-6-24-54-50)41(9-1)35-17-13-33-27-37(19-15-31(33)25-35)45-29-39-7-3-21-51-47(39)49-43(45)11-5-23-53-49/h1-30H. The van der Waals surface area contributed by atoms with Gasteiger partial charge in [0.2, 0.25) is 0 Å². The van der Waals surface area contributed by atoms with Crippen molar-refractivity contribution in [2.45, 2.75) is 0 Å². The van der Waals surface area contributed by atoms with Gasteiger partial charge in [-0.3, -0.25) is 19.9 Å². The molecular weight excluding hydrogens is 657 g/mol. The van der Waals surface area contributed by atoms with E-state index in [4.69, 9.17) is 9.97 Å².